The fourth-order valence-electron chi connectivity index (χ4n) is 0.428. The van der Waals surface area contributed by atoms with E-state index in [2.05, 4.69) is 0 Å². The second-order valence-corrected chi connectivity index (χ2v) is 1.34. The van der Waals surface area contributed by atoms with Gasteiger partial charge in [0.2, 0.25) is 0 Å². The highest BCUT2D eigenvalue weighted by Crippen LogP contribution is 2.02. The molecule has 58 valence electrons. The molecular formula is C7H12O3. The predicted molar refractivity (Wildman–Crippen MR) is 39.9 cm³/mol. The molecule has 1 aromatic rings. The molecule has 0 aliphatic rings. The van der Waals surface area contributed by atoms with E-state index in [0.29, 0.717) is 5.75 Å². The smallest absolute Gasteiger partial charge is 0.115 e. The first-order valence-corrected chi connectivity index (χ1v) is 2.58. The number of aliphatic hydroxyl groups is 1. The Hall–Kier alpha value is -1.06. The van der Waals surface area contributed by atoms with Crippen molar-refractivity contribution in [2.45, 2.75) is 0 Å². The summed E-state index contributed by atoms with van der Waals surface area (Å²) in [7, 11) is 1.00. The fraction of sp³-hybridized carbons (Fsp3) is 0.143. The van der Waals surface area contributed by atoms with E-state index in [1.54, 1.807) is 24.3 Å². The minimum atomic E-state index is 0. The SMILES string of the molecule is CO.O.Oc1ccccc1. The summed E-state index contributed by atoms with van der Waals surface area (Å²) in [4.78, 5) is 0. The molecule has 0 bridgehead atoms. The summed E-state index contributed by atoms with van der Waals surface area (Å²) in [5.41, 5.74) is 0. The van der Waals surface area contributed by atoms with Gasteiger partial charge < -0.3 is 15.7 Å². The highest BCUT2D eigenvalue weighted by Gasteiger charge is 1.74. The Kier molecular flexibility index (Phi) is 9.29. The molecule has 1 aromatic carbocycles. The minimum Gasteiger partial charge on any atom is -0.508 e. The van der Waals surface area contributed by atoms with E-state index in [1.807, 2.05) is 6.07 Å². The molecule has 0 aromatic heterocycles. The summed E-state index contributed by atoms with van der Waals surface area (Å²) in [6, 6.07) is 8.71. The number of aromatic hydroxyl groups is 1. The summed E-state index contributed by atoms with van der Waals surface area (Å²) >= 11 is 0. The van der Waals surface area contributed by atoms with Crippen LogP contribution in [-0.2, 0) is 0 Å². The number of hydrogen-bond donors (Lipinski definition) is 2. The number of benzene rings is 1. The number of para-hydroxylation sites is 1. The summed E-state index contributed by atoms with van der Waals surface area (Å²) < 4.78 is 0. The first-order valence-electron chi connectivity index (χ1n) is 2.58. The minimum absolute atomic E-state index is 0. The van der Waals surface area contributed by atoms with Gasteiger partial charge in [-0.3, -0.25) is 0 Å². The van der Waals surface area contributed by atoms with Crippen LogP contribution in [0.2, 0.25) is 0 Å². The van der Waals surface area contributed by atoms with Crippen LogP contribution in [0.4, 0.5) is 0 Å². The number of phenolic OH excluding ortho intramolecular Hbond substituents is 1. The zero-order chi connectivity index (χ0) is 7.11. The van der Waals surface area contributed by atoms with Crippen molar-refractivity contribution in [3.8, 4) is 5.75 Å². The van der Waals surface area contributed by atoms with Crippen LogP contribution >= 0.6 is 0 Å². The Morgan fingerprint density at radius 2 is 1.40 bits per heavy atom. The fourth-order valence-corrected chi connectivity index (χ4v) is 0.428. The molecule has 4 N–H and O–H groups in total. The van der Waals surface area contributed by atoms with E-state index < -0.39 is 0 Å². The van der Waals surface area contributed by atoms with Gasteiger partial charge in [0, 0.05) is 7.11 Å². The number of hydrogen-bond acceptors (Lipinski definition) is 2. The topological polar surface area (TPSA) is 72.0 Å². The highest BCUT2D eigenvalue weighted by molar-refractivity contribution is 5.18. The van der Waals surface area contributed by atoms with Gasteiger partial charge >= 0.3 is 0 Å². The van der Waals surface area contributed by atoms with Crippen LogP contribution in [-0.4, -0.2) is 22.8 Å². The second kappa shape index (κ2) is 7.94. The van der Waals surface area contributed by atoms with E-state index in [4.69, 9.17) is 10.2 Å². The average molecular weight is 144 g/mol. The van der Waals surface area contributed by atoms with Crippen molar-refractivity contribution in [3.63, 3.8) is 0 Å². The first-order chi connectivity index (χ1) is 4.39. The quantitative estimate of drug-likeness (QED) is 0.545. The van der Waals surface area contributed by atoms with E-state index in [9.17, 15) is 0 Å². The van der Waals surface area contributed by atoms with E-state index in [-0.39, 0.29) is 5.48 Å². The molecule has 0 atom stereocenters. The summed E-state index contributed by atoms with van der Waals surface area (Å²) in [6.07, 6.45) is 0. The molecule has 3 heteroatoms. The summed E-state index contributed by atoms with van der Waals surface area (Å²) in [6.45, 7) is 0. The van der Waals surface area contributed by atoms with Gasteiger partial charge in [-0.1, -0.05) is 18.2 Å². The van der Waals surface area contributed by atoms with Crippen molar-refractivity contribution in [2.75, 3.05) is 7.11 Å². The average Bonchev–Trinajstić information content (AvgIpc) is 1.94. The maximum atomic E-state index is 8.63. The summed E-state index contributed by atoms with van der Waals surface area (Å²) in [5.74, 6) is 0.322. The monoisotopic (exact) mass is 144 g/mol. The maximum Gasteiger partial charge on any atom is 0.115 e. The maximum absolute atomic E-state index is 8.63. The molecule has 0 aliphatic heterocycles. The Morgan fingerprint density at radius 1 is 1.00 bits per heavy atom. The lowest BCUT2D eigenvalue weighted by Gasteiger charge is -1.82. The van der Waals surface area contributed by atoms with Gasteiger partial charge in [-0.15, -0.1) is 0 Å². The van der Waals surface area contributed by atoms with Crippen molar-refractivity contribution in [3.05, 3.63) is 30.3 Å². The Morgan fingerprint density at radius 3 is 1.60 bits per heavy atom. The van der Waals surface area contributed by atoms with Gasteiger partial charge in [-0.05, 0) is 12.1 Å². The van der Waals surface area contributed by atoms with Crippen molar-refractivity contribution in [1.82, 2.24) is 0 Å². The molecule has 3 nitrogen and oxygen atoms in total. The van der Waals surface area contributed by atoms with Gasteiger partial charge in [0.25, 0.3) is 0 Å². The number of phenols is 1. The molecule has 0 spiro atoms. The normalized spacial score (nSPS) is 6.60. The molecule has 0 amide bonds. The molecule has 0 fully saturated rings. The molecule has 1 rings (SSSR count). The Labute approximate surface area is 59.9 Å². The lowest BCUT2D eigenvalue weighted by atomic mass is 10.3. The van der Waals surface area contributed by atoms with Crippen LogP contribution in [0.1, 0.15) is 0 Å². The molecule has 10 heavy (non-hydrogen) atoms. The van der Waals surface area contributed by atoms with Crippen molar-refractivity contribution in [2.24, 2.45) is 0 Å². The zero-order valence-corrected chi connectivity index (χ0v) is 5.78. The Bertz CT molecular complexity index is 139. The Balaban J connectivity index is 0. The largest absolute Gasteiger partial charge is 0.508 e. The van der Waals surface area contributed by atoms with Crippen LogP contribution in [0, 0.1) is 0 Å². The third kappa shape index (κ3) is 5.08. The van der Waals surface area contributed by atoms with Crippen LogP contribution in [0.3, 0.4) is 0 Å². The van der Waals surface area contributed by atoms with Crippen molar-refractivity contribution < 1.29 is 15.7 Å². The molecule has 0 aliphatic carbocycles. The van der Waals surface area contributed by atoms with Crippen LogP contribution in [0.15, 0.2) is 30.3 Å². The predicted octanol–water partition coefficient (Wildman–Crippen LogP) is 0.176. The standard InChI is InChI=1S/C6H6O.CH4O.H2O/c7-6-4-2-1-3-5-6;1-2;/h1-5,7H;2H,1H3;1H2. The van der Waals surface area contributed by atoms with Crippen LogP contribution in [0.5, 0.6) is 5.75 Å². The molecular weight excluding hydrogens is 132 g/mol. The first kappa shape index (κ1) is 11.7. The number of rotatable bonds is 0. The molecule has 0 saturated heterocycles. The van der Waals surface area contributed by atoms with Gasteiger partial charge in [0.05, 0.1) is 0 Å². The lowest BCUT2D eigenvalue weighted by molar-refractivity contribution is 0.399. The second-order valence-electron chi connectivity index (χ2n) is 1.34. The summed E-state index contributed by atoms with van der Waals surface area (Å²) in [5, 5.41) is 15.6. The van der Waals surface area contributed by atoms with Crippen molar-refractivity contribution >= 4 is 0 Å². The van der Waals surface area contributed by atoms with Gasteiger partial charge in [-0.25, -0.2) is 0 Å². The van der Waals surface area contributed by atoms with E-state index in [0.717, 1.165) is 7.11 Å². The van der Waals surface area contributed by atoms with Gasteiger partial charge in [0.15, 0.2) is 0 Å². The molecule has 0 heterocycles. The highest BCUT2D eigenvalue weighted by atomic mass is 16.3. The molecule has 0 radical (unpaired) electrons. The zero-order valence-electron chi connectivity index (χ0n) is 5.78. The molecule has 0 saturated carbocycles. The van der Waals surface area contributed by atoms with Crippen LogP contribution < -0.4 is 0 Å². The number of aliphatic hydroxyl groups excluding tert-OH is 1. The van der Waals surface area contributed by atoms with E-state index in [1.165, 1.54) is 0 Å². The van der Waals surface area contributed by atoms with Crippen molar-refractivity contribution in [1.29, 1.82) is 0 Å². The van der Waals surface area contributed by atoms with Gasteiger partial charge in [0.1, 0.15) is 5.75 Å². The van der Waals surface area contributed by atoms with Gasteiger partial charge in [-0.2, -0.15) is 0 Å². The lowest BCUT2D eigenvalue weighted by Crippen LogP contribution is -1.56. The molecule has 0 unspecified atom stereocenters. The third-order valence-electron chi connectivity index (χ3n) is 0.756. The third-order valence-corrected chi connectivity index (χ3v) is 0.756. The van der Waals surface area contributed by atoms with Crippen LogP contribution in [0.25, 0.3) is 0 Å². The van der Waals surface area contributed by atoms with E-state index >= 15 is 0 Å².